The van der Waals surface area contributed by atoms with E-state index in [-0.39, 0.29) is 29.3 Å². The minimum atomic E-state index is -2.80. The molecule has 1 N–H and O–H groups in total. The second kappa shape index (κ2) is 10.3. The zero-order valence-electron chi connectivity index (χ0n) is 21.8. The highest BCUT2D eigenvalue weighted by molar-refractivity contribution is 6.99. The minimum Gasteiger partial charge on any atom is -0.456 e. The van der Waals surface area contributed by atoms with E-state index in [1.165, 1.54) is 0 Å². The van der Waals surface area contributed by atoms with Crippen LogP contribution in [0.25, 0.3) is 0 Å². The lowest BCUT2D eigenvalue weighted by Gasteiger charge is -2.44. The molecule has 0 fully saturated rings. The highest BCUT2D eigenvalue weighted by Crippen LogP contribution is 2.37. The number of fused-ring (bicyclic) bond motifs is 1. The smallest absolute Gasteiger partial charge is 0.300 e. The molecule has 0 saturated carbocycles. The highest BCUT2D eigenvalue weighted by Gasteiger charge is 2.51. The van der Waals surface area contributed by atoms with Gasteiger partial charge in [0.1, 0.15) is 12.2 Å². The summed E-state index contributed by atoms with van der Waals surface area (Å²) < 4.78 is 20.5. The molecule has 0 bridgehead atoms. The Morgan fingerprint density at radius 1 is 1.08 bits per heavy atom. The van der Waals surface area contributed by atoms with Gasteiger partial charge in [-0.15, -0.1) is 0 Å². The van der Waals surface area contributed by atoms with Crippen molar-refractivity contribution in [3.8, 4) is 6.01 Å². The summed E-state index contributed by atoms with van der Waals surface area (Å²) in [4.78, 5) is 16.0. The first-order chi connectivity index (χ1) is 17.1. The Balaban J connectivity index is 1.65. The maximum absolute atomic E-state index is 12.0. The van der Waals surface area contributed by atoms with E-state index >= 15 is 0 Å². The van der Waals surface area contributed by atoms with Crippen LogP contribution in [0.5, 0.6) is 6.01 Å². The molecule has 7 nitrogen and oxygen atoms in total. The number of benzene rings is 2. The van der Waals surface area contributed by atoms with Crippen molar-refractivity contribution in [1.82, 2.24) is 9.55 Å². The predicted molar refractivity (Wildman–Crippen MR) is 143 cm³/mol. The van der Waals surface area contributed by atoms with E-state index in [9.17, 15) is 9.90 Å². The summed E-state index contributed by atoms with van der Waals surface area (Å²) in [5.41, 5.74) is 0.199. The molecule has 36 heavy (non-hydrogen) atoms. The van der Waals surface area contributed by atoms with Crippen LogP contribution in [-0.2, 0) is 9.16 Å². The number of aliphatic hydroxyl groups is 1. The Hall–Kier alpha value is -2.78. The summed E-state index contributed by atoms with van der Waals surface area (Å²) >= 11 is 0. The molecule has 2 aromatic carbocycles. The molecule has 0 aliphatic carbocycles. The zero-order chi connectivity index (χ0) is 26.1. The van der Waals surface area contributed by atoms with Crippen molar-refractivity contribution in [1.29, 1.82) is 0 Å². The summed E-state index contributed by atoms with van der Waals surface area (Å²) in [6.07, 6.45) is -0.559. The fourth-order valence-corrected chi connectivity index (χ4v) is 9.72. The van der Waals surface area contributed by atoms with E-state index in [4.69, 9.17) is 13.9 Å². The first kappa shape index (κ1) is 26.3. The molecular weight excluding hydrogens is 472 g/mol. The lowest BCUT2D eigenvalue weighted by atomic mass is 10.0. The van der Waals surface area contributed by atoms with Gasteiger partial charge in [0.15, 0.2) is 6.10 Å². The predicted octanol–water partition coefficient (Wildman–Crippen LogP) is 2.83. The second-order valence-corrected chi connectivity index (χ2v) is 14.8. The van der Waals surface area contributed by atoms with Gasteiger partial charge in [-0.1, -0.05) is 81.4 Å². The standard InChI is InChI=1S/C28H36N2O5Si/c1-19-17-30-20(2)25(35-27(30)29-26(19)32)24(31)23(33-6)18-34-36(28(3,4)5,21-13-9-7-10-14-21)22-15-11-8-12-16-22/h7-17,20,23-25,31H,18H2,1-6H3/t20-,23-,24?,25?/m1/s1. The lowest BCUT2D eigenvalue weighted by molar-refractivity contribution is -0.0839. The molecule has 0 saturated heterocycles. The van der Waals surface area contributed by atoms with Crippen molar-refractivity contribution in [3.05, 3.63) is 82.8 Å². The van der Waals surface area contributed by atoms with Gasteiger partial charge in [0.25, 0.3) is 13.9 Å². The molecule has 1 aliphatic rings. The Morgan fingerprint density at radius 3 is 2.14 bits per heavy atom. The fourth-order valence-electron chi connectivity index (χ4n) is 5.15. The minimum absolute atomic E-state index is 0.178. The van der Waals surface area contributed by atoms with Gasteiger partial charge >= 0.3 is 6.01 Å². The van der Waals surface area contributed by atoms with Crippen LogP contribution < -0.4 is 20.7 Å². The number of hydrogen-bond donors (Lipinski definition) is 1. The van der Waals surface area contributed by atoms with Gasteiger partial charge in [0, 0.05) is 18.9 Å². The lowest BCUT2D eigenvalue weighted by Crippen LogP contribution is -2.67. The van der Waals surface area contributed by atoms with Gasteiger partial charge in [-0.25, -0.2) is 0 Å². The van der Waals surface area contributed by atoms with Crippen molar-refractivity contribution in [2.75, 3.05) is 13.7 Å². The van der Waals surface area contributed by atoms with Crippen molar-refractivity contribution >= 4 is 18.7 Å². The Morgan fingerprint density at radius 2 is 1.64 bits per heavy atom. The molecule has 8 heteroatoms. The van der Waals surface area contributed by atoms with E-state index < -0.39 is 26.6 Å². The average Bonchev–Trinajstić information content (AvgIpc) is 3.17. The van der Waals surface area contributed by atoms with Crippen LogP contribution in [0.2, 0.25) is 5.04 Å². The summed E-state index contributed by atoms with van der Waals surface area (Å²) in [5.74, 6) is 0. The molecule has 2 unspecified atom stereocenters. The summed E-state index contributed by atoms with van der Waals surface area (Å²) in [7, 11) is -1.23. The van der Waals surface area contributed by atoms with Gasteiger partial charge in [-0.3, -0.25) is 9.36 Å². The van der Waals surface area contributed by atoms with Crippen molar-refractivity contribution in [2.45, 2.75) is 64.0 Å². The number of rotatable bonds is 8. The van der Waals surface area contributed by atoms with Crippen LogP contribution in [0, 0.1) is 6.92 Å². The van der Waals surface area contributed by atoms with Gasteiger partial charge in [0.2, 0.25) is 0 Å². The Labute approximate surface area is 213 Å². The first-order valence-corrected chi connectivity index (χ1v) is 14.2. The topological polar surface area (TPSA) is 82.8 Å². The van der Waals surface area contributed by atoms with E-state index in [1.807, 2.05) is 43.3 Å². The van der Waals surface area contributed by atoms with E-state index in [0.717, 1.165) is 10.4 Å². The summed E-state index contributed by atoms with van der Waals surface area (Å²) in [6.45, 7) is 10.5. The van der Waals surface area contributed by atoms with Crippen molar-refractivity contribution in [2.24, 2.45) is 0 Å². The normalized spacial score (nSPS) is 19.4. The van der Waals surface area contributed by atoms with Crippen LogP contribution in [0.4, 0.5) is 0 Å². The fraction of sp³-hybridized carbons (Fsp3) is 0.429. The van der Waals surface area contributed by atoms with Gasteiger partial charge in [-0.05, 0) is 29.3 Å². The van der Waals surface area contributed by atoms with Crippen LogP contribution in [0.3, 0.4) is 0 Å². The van der Waals surface area contributed by atoms with E-state index in [0.29, 0.717) is 5.56 Å². The third kappa shape index (κ3) is 4.66. The number of aromatic nitrogens is 2. The van der Waals surface area contributed by atoms with Crippen molar-refractivity contribution < 1.29 is 19.0 Å². The number of ether oxygens (including phenoxy) is 2. The maximum atomic E-state index is 12.0. The van der Waals surface area contributed by atoms with E-state index in [2.05, 4.69) is 50.0 Å². The molecule has 1 aromatic heterocycles. The quantitative estimate of drug-likeness (QED) is 0.471. The van der Waals surface area contributed by atoms with E-state index in [1.54, 1.807) is 24.8 Å². The number of aliphatic hydroxyl groups excluding tert-OH is 1. The third-order valence-electron chi connectivity index (χ3n) is 7.15. The molecule has 3 aromatic rings. The largest absolute Gasteiger partial charge is 0.456 e. The van der Waals surface area contributed by atoms with Gasteiger partial charge in [0.05, 0.1) is 12.6 Å². The van der Waals surface area contributed by atoms with Crippen LogP contribution >= 0.6 is 0 Å². The average molecular weight is 509 g/mol. The molecular formula is C28H36N2O5Si. The number of aryl methyl sites for hydroxylation is 1. The van der Waals surface area contributed by atoms with Gasteiger partial charge < -0.3 is 19.0 Å². The summed E-state index contributed by atoms with van der Waals surface area (Å²) in [5, 5.41) is 13.5. The Bertz CT molecular complexity index is 1190. The second-order valence-electron chi connectivity index (χ2n) is 10.5. The van der Waals surface area contributed by atoms with Crippen LogP contribution in [-0.4, -0.2) is 55.0 Å². The van der Waals surface area contributed by atoms with Crippen LogP contribution in [0.1, 0.15) is 39.3 Å². The number of hydrogen-bond acceptors (Lipinski definition) is 6. The zero-order valence-corrected chi connectivity index (χ0v) is 22.8. The monoisotopic (exact) mass is 508 g/mol. The van der Waals surface area contributed by atoms with Gasteiger partial charge in [-0.2, -0.15) is 4.98 Å². The van der Waals surface area contributed by atoms with Crippen LogP contribution in [0.15, 0.2) is 71.7 Å². The van der Waals surface area contributed by atoms with Crippen molar-refractivity contribution in [3.63, 3.8) is 0 Å². The molecule has 0 spiro atoms. The number of nitrogens with zero attached hydrogens (tertiary/aromatic N) is 2. The molecule has 0 radical (unpaired) electrons. The summed E-state index contributed by atoms with van der Waals surface area (Å²) in [6, 6.07) is 20.7. The first-order valence-electron chi connectivity index (χ1n) is 12.3. The number of methoxy groups -OCH3 is 1. The SMILES string of the molecule is CO[C@H](CO[Si](c1ccccc1)(c1ccccc1)C(C)(C)C)C(O)C1Oc2nc(=O)c(C)cn2[C@@H]1C. The molecule has 1 aliphatic heterocycles. The molecule has 0 amide bonds. The molecule has 4 atom stereocenters. The molecule has 2 heterocycles. The molecule has 192 valence electrons. The third-order valence-corrected chi connectivity index (χ3v) is 12.1. The highest BCUT2D eigenvalue weighted by atomic mass is 28.4. The Kier molecular flexibility index (Phi) is 7.52. The maximum Gasteiger partial charge on any atom is 0.300 e. The molecule has 4 rings (SSSR count).